The average molecular weight is 308 g/mol. The fraction of sp³-hybridized carbons (Fsp3) is 0.417. The summed E-state index contributed by atoms with van der Waals surface area (Å²) in [5.41, 5.74) is 0. The largest absolute Gasteiger partial charge is 0.349 e. The topological polar surface area (TPSA) is 83.9 Å². The summed E-state index contributed by atoms with van der Waals surface area (Å²) < 4.78 is 17.3. The van der Waals surface area contributed by atoms with Crippen molar-refractivity contribution in [3.8, 4) is 0 Å². The first-order chi connectivity index (χ1) is 10.2. The van der Waals surface area contributed by atoms with Crippen LogP contribution < -0.4 is 10.2 Å². The normalized spacial score (nSPS) is 21.5. The summed E-state index contributed by atoms with van der Waals surface area (Å²) in [6.07, 6.45) is 2.41. The molecule has 2 aromatic heterocycles. The minimum absolute atomic E-state index is 0.137. The Morgan fingerprint density at radius 2 is 2.43 bits per heavy atom. The van der Waals surface area contributed by atoms with Crippen molar-refractivity contribution in [2.75, 3.05) is 18.0 Å². The van der Waals surface area contributed by atoms with Crippen molar-refractivity contribution in [2.45, 2.75) is 18.6 Å². The maximum Gasteiger partial charge on any atom is 0.264 e. The maximum atomic E-state index is 13.7. The van der Waals surface area contributed by atoms with Gasteiger partial charge in [0.05, 0.1) is 18.8 Å². The Morgan fingerprint density at radius 3 is 3.14 bits per heavy atom. The van der Waals surface area contributed by atoms with Crippen molar-refractivity contribution in [1.29, 1.82) is 0 Å². The Bertz CT molecular complexity index is 595. The van der Waals surface area contributed by atoms with Crippen LogP contribution in [0.15, 0.2) is 24.5 Å². The number of carbonyl (C=O) groups excluding carboxylic acids is 1. The zero-order valence-corrected chi connectivity index (χ0v) is 11.8. The highest BCUT2D eigenvalue weighted by atomic mass is 32.1. The number of rotatable bonds is 4. The Labute approximate surface area is 124 Å². The second-order valence-electron chi connectivity index (χ2n) is 4.71. The highest BCUT2D eigenvalue weighted by Gasteiger charge is 2.33. The van der Waals surface area contributed by atoms with Crippen LogP contribution in [0.3, 0.4) is 0 Å². The van der Waals surface area contributed by atoms with Crippen molar-refractivity contribution >= 4 is 23.3 Å². The lowest BCUT2D eigenvalue weighted by molar-refractivity contribution is 0.0954. The van der Waals surface area contributed by atoms with Gasteiger partial charge < -0.3 is 10.2 Å². The van der Waals surface area contributed by atoms with Gasteiger partial charge in [-0.2, -0.15) is 5.10 Å². The van der Waals surface area contributed by atoms with E-state index in [9.17, 15) is 9.18 Å². The van der Waals surface area contributed by atoms with Gasteiger partial charge >= 0.3 is 0 Å². The van der Waals surface area contributed by atoms with E-state index in [1.807, 2.05) is 4.90 Å². The van der Waals surface area contributed by atoms with E-state index in [4.69, 9.17) is 0 Å². The van der Waals surface area contributed by atoms with E-state index in [2.05, 4.69) is 25.1 Å². The smallest absolute Gasteiger partial charge is 0.264 e. The first-order valence-corrected chi connectivity index (χ1v) is 7.25. The van der Waals surface area contributed by atoms with Crippen molar-refractivity contribution in [3.63, 3.8) is 0 Å². The van der Waals surface area contributed by atoms with E-state index in [-0.39, 0.29) is 18.5 Å². The lowest BCUT2D eigenvalue weighted by atomic mass is 10.2. The van der Waals surface area contributed by atoms with E-state index in [1.165, 1.54) is 6.20 Å². The van der Waals surface area contributed by atoms with Crippen LogP contribution in [-0.4, -0.2) is 51.0 Å². The molecule has 0 unspecified atom stereocenters. The minimum atomic E-state index is -0.932. The van der Waals surface area contributed by atoms with Crippen LogP contribution in [0.25, 0.3) is 0 Å². The molecule has 1 amide bonds. The third kappa shape index (κ3) is 3.13. The van der Waals surface area contributed by atoms with Crippen LogP contribution in [0.4, 0.5) is 10.2 Å². The summed E-state index contributed by atoms with van der Waals surface area (Å²) in [5, 5.41) is 14.2. The van der Waals surface area contributed by atoms with E-state index in [0.717, 1.165) is 11.5 Å². The molecule has 1 saturated heterocycles. The lowest BCUT2D eigenvalue weighted by Gasteiger charge is -2.24. The summed E-state index contributed by atoms with van der Waals surface area (Å²) >= 11 is 1.03. The number of alkyl halides is 1. The average Bonchev–Trinajstić information content (AvgIpc) is 3.15. The molecule has 0 bridgehead atoms. The number of hydrogen-bond acceptors (Lipinski definition) is 7. The molecule has 0 aromatic carbocycles. The molecular weight excluding hydrogens is 295 g/mol. The Kier molecular flexibility index (Phi) is 4.00. The zero-order valence-electron chi connectivity index (χ0n) is 11.0. The number of nitrogens with zero attached hydrogens (tertiary/aromatic N) is 5. The van der Waals surface area contributed by atoms with Gasteiger partial charge in [-0.1, -0.05) is 4.49 Å². The first kappa shape index (κ1) is 13.8. The minimum Gasteiger partial charge on any atom is -0.349 e. The third-order valence-corrected chi connectivity index (χ3v) is 3.96. The molecule has 2 aromatic rings. The van der Waals surface area contributed by atoms with Crippen LogP contribution in [0.1, 0.15) is 16.1 Å². The standard InChI is InChI=1S/C12H13FN6OS/c13-8-4-9(5-14-12(20)10-6-16-18-21-10)19(7-8)11-2-1-3-15-17-11/h1-3,6,8-9H,4-5,7H2,(H,14,20)/t8-,9-/m0/s1. The molecule has 0 radical (unpaired) electrons. The number of nitrogens with one attached hydrogen (secondary N) is 1. The number of anilines is 1. The van der Waals surface area contributed by atoms with Crippen LogP contribution in [0, 0.1) is 0 Å². The molecule has 3 rings (SSSR count). The maximum absolute atomic E-state index is 13.7. The van der Waals surface area contributed by atoms with Crippen molar-refractivity contribution in [3.05, 3.63) is 29.4 Å². The predicted octanol–water partition coefficient (Wildman–Crippen LogP) is 0.675. The second-order valence-corrected chi connectivity index (χ2v) is 5.50. The number of carbonyl (C=O) groups is 1. The van der Waals surface area contributed by atoms with Gasteiger partial charge in [0, 0.05) is 19.2 Å². The molecule has 1 N–H and O–H groups in total. The van der Waals surface area contributed by atoms with Crippen molar-refractivity contribution in [1.82, 2.24) is 25.1 Å². The second kappa shape index (κ2) is 6.08. The molecule has 1 aliphatic heterocycles. The summed E-state index contributed by atoms with van der Waals surface area (Å²) in [6, 6.07) is 3.40. The predicted molar refractivity (Wildman–Crippen MR) is 74.9 cm³/mol. The number of hydrogen-bond donors (Lipinski definition) is 1. The fourth-order valence-electron chi connectivity index (χ4n) is 2.35. The van der Waals surface area contributed by atoms with Crippen LogP contribution >= 0.6 is 11.5 Å². The van der Waals surface area contributed by atoms with Crippen molar-refractivity contribution < 1.29 is 9.18 Å². The molecular formula is C12H13FN6OS. The molecule has 9 heteroatoms. The van der Waals surface area contributed by atoms with Gasteiger partial charge in [-0.15, -0.1) is 10.2 Å². The quantitative estimate of drug-likeness (QED) is 0.894. The van der Waals surface area contributed by atoms with E-state index in [1.54, 1.807) is 18.3 Å². The fourth-order valence-corrected chi connectivity index (χ4v) is 2.78. The summed E-state index contributed by atoms with van der Waals surface area (Å²) in [6.45, 7) is 0.606. The Morgan fingerprint density at radius 1 is 1.52 bits per heavy atom. The SMILES string of the molecule is O=C(NC[C@@H]1C[C@H](F)CN1c1cccnn1)c1cnns1. The monoisotopic (exact) mass is 308 g/mol. The zero-order chi connectivity index (χ0) is 14.7. The molecule has 0 spiro atoms. The van der Waals surface area contributed by atoms with Crippen molar-refractivity contribution in [2.24, 2.45) is 0 Å². The van der Waals surface area contributed by atoms with Crippen LogP contribution in [0.5, 0.6) is 0 Å². The third-order valence-electron chi connectivity index (χ3n) is 3.30. The van der Waals surface area contributed by atoms with Gasteiger partial charge in [-0.3, -0.25) is 4.79 Å². The summed E-state index contributed by atoms with van der Waals surface area (Å²) in [7, 11) is 0. The molecule has 110 valence electrons. The van der Waals surface area contributed by atoms with E-state index < -0.39 is 6.17 Å². The molecule has 21 heavy (non-hydrogen) atoms. The van der Waals surface area contributed by atoms with Gasteiger partial charge in [0.25, 0.3) is 5.91 Å². The number of amides is 1. The van der Waals surface area contributed by atoms with Gasteiger partial charge in [0.2, 0.25) is 0 Å². The van der Waals surface area contributed by atoms with Crippen LogP contribution in [0.2, 0.25) is 0 Å². The molecule has 0 aliphatic carbocycles. The van der Waals surface area contributed by atoms with Gasteiger partial charge in [0.1, 0.15) is 11.0 Å². The van der Waals surface area contributed by atoms with Gasteiger partial charge in [-0.25, -0.2) is 4.39 Å². The summed E-state index contributed by atoms with van der Waals surface area (Å²) in [5.74, 6) is 0.378. The molecule has 0 saturated carbocycles. The van der Waals surface area contributed by atoms with E-state index >= 15 is 0 Å². The highest BCUT2D eigenvalue weighted by Crippen LogP contribution is 2.24. The number of aromatic nitrogens is 4. The summed E-state index contributed by atoms with van der Waals surface area (Å²) in [4.78, 5) is 14.1. The lowest BCUT2D eigenvalue weighted by Crippen LogP contribution is -2.40. The van der Waals surface area contributed by atoms with Gasteiger partial charge in [-0.05, 0) is 23.7 Å². The van der Waals surface area contributed by atoms with E-state index in [0.29, 0.717) is 23.7 Å². The molecule has 2 atom stereocenters. The molecule has 3 heterocycles. The van der Waals surface area contributed by atoms with Gasteiger partial charge in [0.15, 0.2) is 5.82 Å². The molecule has 1 fully saturated rings. The van der Waals surface area contributed by atoms with Crippen LogP contribution in [-0.2, 0) is 0 Å². The molecule has 7 nitrogen and oxygen atoms in total. The Hall–Kier alpha value is -2.16. The Balaban J connectivity index is 1.65. The highest BCUT2D eigenvalue weighted by molar-refractivity contribution is 7.07. The number of halogens is 1. The molecule has 1 aliphatic rings. The first-order valence-electron chi connectivity index (χ1n) is 6.48.